The van der Waals surface area contributed by atoms with Gasteiger partial charge in [0.05, 0.1) is 6.54 Å². The molecule has 0 bridgehead atoms. The largest absolute Gasteiger partial charge is 0.389 e. The number of unbranched alkanes of at least 4 members (excludes halogenated alkanes) is 1. The summed E-state index contributed by atoms with van der Waals surface area (Å²) in [5, 5.41) is 2.98. The molecule has 0 radical (unpaired) electrons. The van der Waals surface area contributed by atoms with Gasteiger partial charge in [-0.05, 0) is 30.5 Å². The van der Waals surface area contributed by atoms with Gasteiger partial charge < -0.3 is 4.90 Å². The summed E-state index contributed by atoms with van der Waals surface area (Å²) in [6, 6.07) is 5.71. The van der Waals surface area contributed by atoms with Gasteiger partial charge in [-0.3, -0.25) is 10.1 Å². The Morgan fingerprint density at radius 1 is 1.19 bits per heavy atom. The van der Waals surface area contributed by atoms with Crippen LogP contribution in [0.4, 0.5) is 17.6 Å². The number of benzene rings is 1. The topological polar surface area (TPSA) is 32.3 Å². The van der Waals surface area contributed by atoms with Crippen LogP contribution in [0.2, 0.25) is 0 Å². The number of halogens is 4. The van der Waals surface area contributed by atoms with Crippen molar-refractivity contribution < 1.29 is 22.4 Å². The van der Waals surface area contributed by atoms with E-state index in [4.69, 9.17) is 0 Å². The highest BCUT2D eigenvalue weighted by atomic mass is 19.4. The average Bonchev–Trinajstić information content (AvgIpc) is 2.76. The third-order valence-electron chi connectivity index (χ3n) is 3.37. The number of rotatable bonds is 5. The highest BCUT2D eigenvalue weighted by Gasteiger charge is 2.31. The van der Waals surface area contributed by atoms with Crippen molar-refractivity contribution in [1.82, 2.24) is 10.2 Å². The fraction of sp³-hybridized carbons (Fsp3) is 0.500. The van der Waals surface area contributed by atoms with Crippen LogP contribution < -0.4 is 5.32 Å². The van der Waals surface area contributed by atoms with Crippen LogP contribution in [0.1, 0.15) is 31.0 Å². The lowest BCUT2D eigenvalue weighted by Gasteiger charge is -2.24. The maximum absolute atomic E-state index is 12.9. The molecule has 0 saturated carbocycles. The van der Waals surface area contributed by atoms with Gasteiger partial charge >= 0.3 is 6.18 Å². The van der Waals surface area contributed by atoms with E-state index in [0.717, 1.165) is 5.56 Å². The van der Waals surface area contributed by atoms with Crippen LogP contribution in [0.25, 0.3) is 0 Å². The highest BCUT2D eigenvalue weighted by Crippen LogP contribution is 2.25. The monoisotopic (exact) mass is 304 g/mol. The second kappa shape index (κ2) is 6.43. The van der Waals surface area contributed by atoms with Crippen LogP contribution in [0, 0.1) is 5.82 Å². The Morgan fingerprint density at radius 3 is 2.48 bits per heavy atom. The molecule has 3 nitrogen and oxygen atoms in total. The molecule has 1 aliphatic heterocycles. The van der Waals surface area contributed by atoms with E-state index in [0.29, 0.717) is 0 Å². The fourth-order valence-electron chi connectivity index (χ4n) is 2.34. The Morgan fingerprint density at radius 2 is 1.86 bits per heavy atom. The van der Waals surface area contributed by atoms with Crippen molar-refractivity contribution in [2.45, 2.75) is 31.6 Å². The summed E-state index contributed by atoms with van der Waals surface area (Å²) >= 11 is 0. The maximum Gasteiger partial charge on any atom is 0.389 e. The Labute approximate surface area is 119 Å². The molecule has 1 saturated heterocycles. The number of nitrogens with zero attached hydrogens (tertiary/aromatic N) is 1. The lowest BCUT2D eigenvalue weighted by Crippen LogP contribution is -2.31. The third-order valence-corrected chi connectivity index (χ3v) is 3.37. The molecule has 1 aliphatic rings. The van der Waals surface area contributed by atoms with Crippen molar-refractivity contribution >= 4 is 5.91 Å². The zero-order valence-corrected chi connectivity index (χ0v) is 11.3. The minimum absolute atomic E-state index is 0.0105. The van der Waals surface area contributed by atoms with Crippen molar-refractivity contribution in [3.63, 3.8) is 0 Å². The quantitative estimate of drug-likeness (QED) is 0.670. The summed E-state index contributed by atoms with van der Waals surface area (Å²) in [6.07, 6.45) is -5.13. The summed E-state index contributed by atoms with van der Waals surface area (Å²) in [6.45, 7) is 0.394. The van der Waals surface area contributed by atoms with Crippen LogP contribution in [0.3, 0.4) is 0 Å². The number of nitrogens with one attached hydrogen (secondary N) is 1. The summed E-state index contributed by atoms with van der Waals surface area (Å²) < 4.78 is 49.2. The molecular weight excluding hydrogens is 288 g/mol. The first-order chi connectivity index (χ1) is 9.87. The molecule has 1 fully saturated rings. The molecule has 1 atom stereocenters. The van der Waals surface area contributed by atoms with Crippen LogP contribution >= 0.6 is 0 Å². The number of alkyl halides is 3. The van der Waals surface area contributed by atoms with E-state index in [9.17, 15) is 22.4 Å². The van der Waals surface area contributed by atoms with Crippen molar-refractivity contribution in [3.05, 3.63) is 35.6 Å². The molecular formula is C14H16F4N2O. The van der Waals surface area contributed by atoms with Crippen molar-refractivity contribution in [2.75, 3.05) is 13.1 Å². The molecule has 1 unspecified atom stereocenters. The Bertz CT molecular complexity index is 487. The van der Waals surface area contributed by atoms with E-state index in [1.165, 1.54) is 17.0 Å². The molecule has 1 aromatic carbocycles. The molecule has 2 rings (SSSR count). The van der Waals surface area contributed by atoms with Gasteiger partial charge in [-0.2, -0.15) is 13.2 Å². The van der Waals surface area contributed by atoms with Crippen molar-refractivity contribution in [2.24, 2.45) is 0 Å². The predicted octanol–water partition coefficient (Wildman–Crippen LogP) is 2.99. The fourth-order valence-corrected chi connectivity index (χ4v) is 2.34. The van der Waals surface area contributed by atoms with Crippen LogP contribution in [0.15, 0.2) is 24.3 Å². The molecule has 1 heterocycles. The second-order valence-electron chi connectivity index (χ2n) is 4.99. The van der Waals surface area contributed by atoms with Gasteiger partial charge in [0, 0.05) is 13.0 Å². The van der Waals surface area contributed by atoms with Crippen LogP contribution in [0.5, 0.6) is 0 Å². The van der Waals surface area contributed by atoms with Gasteiger partial charge in [-0.25, -0.2) is 4.39 Å². The number of hydrogen-bond donors (Lipinski definition) is 1. The zero-order chi connectivity index (χ0) is 15.5. The number of carbonyl (C=O) groups excluding carboxylic acids is 1. The van der Waals surface area contributed by atoms with E-state index in [-0.39, 0.29) is 37.7 Å². The van der Waals surface area contributed by atoms with E-state index < -0.39 is 18.8 Å². The SMILES string of the molecule is O=C1CNC(c2ccc(F)cc2)N1CCCCC(F)(F)F. The lowest BCUT2D eigenvalue weighted by atomic mass is 10.1. The van der Waals surface area contributed by atoms with E-state index in [1.807, 2.05) is 0 Å². The first kappa shape index (κ1) is 15.8. The smallest absolute Gasteiger partial charge is 0.322 e. The minimum Gasteiger partial charge on any atom is -0.322 e. The Kier molecular flexibility index (Phi) is 4.82. The van der Waals surface area contributed by atoms with E-state index >= 15 is 0 Å². The first-order valence-corrected chi connectivity index (χ1v) is 6.72. The molecule has 7 heteroatoms. The van der Waals surface area contributed by atoms with Gasteiger partial charge in [0.2, 0.25) is 5.91 Å². The van der Waals surface area contributed by atoms with Gasteiger partial charge in [-0.1, -0.05) is 12.1 Å². The molecule has 1 N–H and O–H groups in total. The first-order valence-electron chi connectivity index (χ1n) is 6.72. The molecule has 0 aliphatic carbocycles. The molecule has 1 amide bonds. The van der Waals surface area contributed by atoms with Gasteiger partial charge in [0.15, 0.2) is 0 Å². The summed E-state index contributed by atoms with van der Waals surface area (Å²) in [5.74, 6) is -0.531. The summed E-state index contributed by atoms with van der Waals surface area (Å²) in [7, 11) is 0. The highest BCUT2D eigenvalue weighted by molar-refractivity contribution is 5.80. The molecule has 21 heavy (non-hydrogen) atoms. The van der Waals surface area contributed by atoms with Crippen LogP contribution in [-0.2, 0) is 4.79 Å². The number of carbonyl (C=O) groups is 1. The molecule has 0 spiro atoms. The third kappa shape index (κ3) is 4.42. The average molecular weight is 304 g/mol. The summed E-state index contributed by atoms with van der Waals surface area (Å²) in [5.41, 5.74) is 0.720. The van der Waals surface area contributed by atoms with Gasteiger partial charge in [0.1, 0.15) is 12.0 Å². The summed E-state index contributed by atoms with van der Waals surface area (Å²) in [4.78, 5) is 13.3. The normalized spacial score (nSPS) is 19.3. The van der Waals surface area contributed by atoms with Crippen LogP contribution in [-0.4, -0.2) is 30.1 Å². The minimum atomic E-state index is -4.16. The Hall–Kier alpha value is -1.63. The van der Waals surface area contributed by atoms with Gasteiger partial charge in [-0.15, -0.1) is 0 Å². The number of hydrogen-bond acceptors (Lipinski definition) is 2. The standard InChI is InChI=1S/C14H16F4N2O/c15-11-5-3-10(4-6-11)13-19-9-12(21)20(13)8-2-1-7-14(16,17)18/h3-6,13,19H,1-2,7-9H2. The van der Waals surface area contributed by atoms with Crippen molar-refractivity contribution in [1.29, 1.82) is 0 Å². The maximum atomic E-state index is 12.9. The molecule has 116 valence electrons. The predicted molar refractivity (Wildman–Crippen MR) is 68.8 cm³/mol. The molecule has 0 aromatic heterocycles. The zero-order valence-electron chi connectivity index (χ0n) is 11.3. The van der Waals surface area contributed by atoms with Gasteiger partial charge in [0.25, 0.3) is 0 Å². The molecule has 1 aromatic rings. The van der Waals surface area contributed by atoms with E-state index in [2.05, 4.69) is 5.32 Å². The Balaban J connectivity index is 1.93. The van der Waals surface area contributed by atoms with Crippen molar-refractivity contribution in [3.8, 4) is 0 Å². The number of amides is 1. The second-order valence-corrected chi connectivity index (χ2v) is 4.99. The van der Waals surface area contributed by atoms with E-state index in [1.54, 1.807) is 12.1 Å². The lowest BCUT2D eigenvalue weighted by molar-refractivity contribution is -0.136.